The predicted molar refractivity (Wildman–Crippen MR) is 63.8 cm³/mol. The monoisotopic (exact) mass is 234 g/mol. The van der Waals surface area contributed by atoms with Crippen LogP contribution in [0.3, 0.4) is 0 Å². The van der Waals surface area contributed by atoms with Gasteiger partial charge in [-0.15, -0.1) is 0 Å². The molecule has 1 aromatic rings. The average molecular weight is 234 g/mol. The number of hydrogen-bond donors (Lipinski definition) is 1. The Labute approximate surface area is 101 Å². The predicted octanol–water partition coefficient (Wildman–Crippen LogP) is 1.84. The van der Waals surface area contributed by atoms with Crippen LogP contribution in [-0.2, 0) is 15.9 Å². The number of benzene rings is 1. The number of hydrogen-bond acceptors (Lipinski definition) is 3. The van der Waals surface area contributed by atoms with Crippen molar-refractivity contribution in [3.63, 3.8) is 0 Å². The Bertz CT molecular complexity index is 396. The lowest BCUT2D eigenvalue weighted by Crippen LogP contribution is -2.33. The van der Waals surface area contributed by atoms with Gasteiger partial charge in [0, 0.05) is 19.4 Å². The Morgan fingerprint density at radius 1 is 1.29 bits per heavy atom. The third kappa shape index (κ3) is 2.23. The molecule has 1 aromatic carbocycles. The molecule has 1 saturated heterocycles. The lowest BCUT2D eigenvalue weighted by atomic mass is 9.88. The third-order valence-corrected chi connectivity index (χ3v) is 3.74. The molecule has 2 atom stereocenters. The molecule has 1 fully saturated rings. The van der Waals surface area contributed by atoms with E-state index < -0.39 is 5.60 Å². The van der Waals surface area contributed by atoms with Crippen molar-refractivity contribution in [2.24, 2.45) is 0 Å². The second-order valence-corrected chi connectivity index (χ2v) is 5.04. The second-order valence-electron chi connectivity index (χ2n) is 5.04. The van der Waals surface area contributed by atoms with Crippen molar-refractivity contribution in [2.45, 2.75) is 31.0 Å². The fourth-order valence-electron chi connectivity index (χ4n) is 2.75. The van der Waals surface area contributed by atoms with Crippen LogP contribution >= 0.6 is 0 Å². The summed E-state index contributed by atoms with van der Waals surface area (Å²) in [4.78, 5) is 0. The van der Waals surface area contributed by atoms with Crippen molar-refractivity contribution < 1.29 is 14.6 Å². The topological polar surface area (TPSA) is 38.7 Å². The molecule has 0 saturated carbocycles. The van der Waals surface area contributed by atoms with E-state index in [1.807, 2.05) is 6.07 Å². The van der Waals surface area contributed by atoms with Gasteiger partial charge in [0.05, 0.1) is 24.9 Å². The zero-order valence-corrected chi connectivity index (χ0v) is 9.89. The highest BCUT2D eigenvalue weighted by Crippen LogP contribution is 2.36. The standard InChI is InChI=1S/C14H18O3/c15-14(6-8-16-10-14)9-13-12-4-2-1-3-11(12)5-7-17-13/h1-4,13,15H,5-10H2. The summed E-state index contributed by atoms with van der Waals surface area (Å²) in [6.07, 6.45) is 2.35. The minimum Gasteiger partial charge on any atom is -0.387 e. The maximum absolute atomic E-state index is 10.4. The van der Waals surface area contributed by atoms with Crippen LogP contribution in [-0.4, -0.2) is 30.5 Å². The van der Waals surface area contributed by atoms with Gasteiger partial charge in [-0.05, 0) is 17.5 Å². The van der Waals surface area contributed by atoms with Crippen LogP contribution in [0.5, 0.6) is 0 Å². The summed E-state index contributed by atoms with van der Waals surface area (Å²) in [5.41, 5.74) is 1.89. The van der Waals surface area contributed by atoms with Crippen LogP contribution in [0.25, 0.3) is 0 Å². The van der Waals surface area contributed by atoms with Gasteiger partial charge in [-0.25, -0.2) is 0 Å². The molecular weight excluding hydrogens is 216 g/mol. The molecule has 2 aliphatic rings. The maximum Gasteiger partial charge on any atom is 0.0930 e. The van der Waals surface area contributed by atoms with Crippen molar-refractivity contribution in [3.8, 4) is 0 Å². The zero-order valence-electron chi connectivity index (χ0n) is 9.89. The summed E-state index contributed by atoms with van der Waals surface area (Å²) in [6.45, 7) is 1.85. The van der Waals surface area contributed by atoms with E-state index in [0.29, 0.717) is 19.6 Å². The van der Waals surface area contributed by atoms with Crippen LogP contribution in [0.2, 0.25) is 0 Å². The SMILES string of the molecule is OC1(CC2OCCc3ccccc32)CCOC1. The summed E-state index contributed by atoms with van der Waals surface area (Å²) in [7, 11) is 0. The fourth-order valence-corrected chi connectivity index (χ4v) is 2.75. The molecule has 2 heterocycles. The summed E-state index contributed by atoms with van der Waals surface area (Å²) >= 11 is 0. The van der Waals surface area contributed by atoms with Gasteiger partial charge in [0.25, 0.3) is 0 Å². The van der Waals surface area contributed by atoms with Crippen molar-refractivity contribution in [2.75, 3.05) is 19.8 Å². The van der Waals surface area contributed by atoms with E-state index in [0.717, 1.165) is 19.4 Å². The molecular formula is C14H18O3. The molecule has 0 amide bonds. The Hall–Kier alpha value is -0.900. The minimum absolute atomic E-state index is 0.0200. The molecule has 2 aliphatic heterocycles. The van der Waals surface area contributed by atoms with Gasteiger partial charge in [-0.3, -0.25) is 0 Å². The van der Waals surface area contributed by atoms with Gasteiger partial charge in [0.1, 0.15) is 0 Å². The summed E-state index contributed by atoms with van der Waals surface area (Å²) in [6, 6.07) is 8.36. The van der Waals surface area contributed by atoms with E-state index in [1.165, 1.54) is 11.1 Å². The molecule has 92 valence electrons. The van der Waals surface area contributed by atoms with E-state index >= 15 is 0 Å². The summed E-state index contributed by atoms with van der Waals surface area (Å²) in [5, 5.41) is 10.4. The van der Waals surface area contributed by atoms with Gasteiger partial charge in [0.2, 0.25) is 0 Å². The quantitative estimate of drug-likeness (QED) is 0.848. The van der Waals surface area contributed by atoms with Crippen molar-refractivity contribution in [3.05, 3.63) is 35.4 Å². The average Bonchev–Trinajstić information content (AvgIpc) is 2.76. The Balaban J connectivity index is 1.81. The molecule has 0 spiro atoms. The maximum atomic E-state index is 10.4. The Morgan fingerprint density at radius 3 is 3.00 bits per heavy atom. The van der Waals surface area contributed by atoms with Crippen LogP contribution in [0.4, 0.5) is 0 Å². The van der Waals surface area contributed by atoms with E-state index in [9.17, 15) is 5.11 Å². The lowest BCUT2D eigenvalue weighted by Gasteiger charge is -2.31. The Kier molecular flexibility index (Phi) is 2.90. The fraction of sp³-hybridized carbons (Fsp3) is 0.571. The second kappa shape index (κ2) is 4.41. The van der Waals surface area contributed by atoms with Crippen molar-refractivity contribution >= 4 is 0 Å². The molecule has 1 N–H and O–H groups in total. The first kappa shape index (κ1) is 11.2. The lowest BCUT2D eigenvalue weighted by molar-refractivity contribution is -0.0485. The summed E-state index contributed by atoms with van der Waals surface area (Å²) in [5.74, 6) is 0. The normalized spacial score (nSPS) is 32.4. The number of fused-ring (bicyclic) bond motifs is 1. The van der Waals surface area contributed by atoms with Crippen molar-refractivity contribution in [1.29, 1.82) is 0 Å². The zero-order chi connectivity index (χ0) is 11.7. The molecule has 0 aliphatic carbocycles. The highest BCUT2D eigenvalue weighted by atomic mass is 16.5. The molecule has 0 aromatic heterocycles. The molecule has 3 nitrogen and oxygen atoms in total. The first-order chi connectivity index (χ1) is 8.27. The van der Waals surface area contributed by atoms with Crippen LogP contribution in [0.15, 0.2) is 24.3 Å². The van der Waals surface area contributed by atoms with E-state index in [4.69, 9.17) is 9.47 Å². The molecule has 0 radical (unpaired) electrons. The smallest absolute Gasteiger partial charge is 0.0930 e. The number of aliphatic hydroxyl groups is 1. The molecule has 2 unspecified atom stereocenters. The van der Waals surface area contributed by atoms with Crippen LogP contribution < -0.4 is 0 Å². The molecule has 3 heteroatoms. The highest BCUT2D eigenvalue weighted by molar-refractivity contribution is 5.31. The Morgan fingerprint density at radius 2 is 2.18 bits per heavy atom. The molecule has 17 heavy (non-hydrogen) atoms. The molecule has 0 bridgehead atoms. The van der Waals surface area contributed by atoms with Gasteiger partial charge in [0.15, 0.2) is 0 Å². The molecule has 3 rings (SSSR count). The first-order valence-electron chi connectivity index (χ1n) is 6.26. The first-order valence-corrected chi connectivity index (χ1v) is 6.26. The van der Waals surface area contributed by atoms with E-state index in [2.05, 4.69) is 18.2 Å². The van der Waals surface area contributed by atoms with Gasteiger partial charge in [-0.2, -0.15) is 0 Å². The van der Waals surface area contributed by atoms with E-state index in [1.54, 1.807) is 0 Å². The van der Waals surface area contributed by atoms with Crippen LogP contribution in [0.1, 0.15) is 30.1 Å². The number of ether oxygens (including phenoxy) is 2. The van der Waals surface area contributed by atoms with E-state index in [-0.39, 0.29) is 6.10 Å². The minimum atomic E-state index is -0.699. The van der Waals surface area contributed by atoms with Gasteiger partial charge >= 0.3 is 0 Å². The van der Waals surface area contributed by atoms with Crippen molar-refractivity contribution in [1.82, 2.24) is 0 Å². The highest BCUT2D eigenvalue weighted by Gasteiger charge is 2.37. The summed E-state index contributed by atoms with van der Waals surface area (Å²) < 4.78 is 11.1. The third-order valence-electron chi connectivity index (χ3n) is 3.74. The largest absolute Gasteiger partial charge is 0.387 e. The number of rotatable bonds is 2. The van der Waals surface area contributed by atoms with Crippen LogP contribution in [0, 0.1) is 0 Å². The van der Waals surface area contributed by atoms with Gasteiger partial charge < -0.3 is 14.6 Å². The van der Waals surface area contributed by atoms with Gasteiger partial charge in [-0.1, -0.05) is 24.3 Å².